The van der Waals surface area contributed by atoms with Crippen LogP contribution in [-0.4, -0.2) is 45.2 Å². The molecule has 1 amide bonds. The van der Waals surface area contributed by atoms with Crippen LogP contribution in [0.25, 0.3) is 6.08 Å². The molecule has 1 aromatic carbocycles. The Morgan fingerprint density at radius 3 is 2.13 bits per heavy atom. The van der Waals surface area contributed by atoms with Gasteiger partial charge in [-0.2, -0.15) is 0 Å². The summed E-state index contributed by atoms with van der Waals surface area (Å²) in [5.41, 5.74) is 0.819. The molecule has 0 aliphatic heterocycles. The number of ether oxygens (including phenoxy) is 3. The fourth-order valence-electron chi connectivity index (χ4n) is 2.24. The van der Waals surface area contributed by atoms with E-state index < -0.39 is 0 Å². The van der Waals surface area contributed by atoms with Gasteiger partial charge in [-0.1, -0.05) is 13.3 Å². The van der Waals surface area contributed by atoms with E-state index in [4.69, 9.17) is 14.2 Å². The Kier molecular flexibility index (Phi) is 8.02. The number of methoxy groups -OCH3 is 3. The lowest BCUT2D eigenvalue weighted by Gasteiger charge is -2.18. The van der Waals surface area contributed by atoms with Crippen LogP contribution < -0.4 is 14.2 Å². The van der Waals surface area contributed by atoms with Crippen LogP contribution in [0.1, 0.15) is 32.3 Å². The predicted molar refractivity (Wildman–Crippen MR) is 92.3 cm³/mol. The zero-order chi connectivity index (χ0) is 17.2. The standard InChI is InChI=1S/C18H27NO4/c1-6-8-11-19(7-2)17(20)10-9-14-12-15(21-3)18(23-5)16(13-14)22-4/h9-10,12-13H,6-8,11H2,1-5H3. The zero-order valence-electron chi connectivity index (χ0n) is 14.7. The number of carbonyl (C=O) groups is 1. The van der Waals surface area contributed by atoms with Crippen molar-refractivity contribution in [1.29, 1.82) is 0 Å². The molecule has 0 aromatic heterocycles. The van der Waals surface area contributed by atoms with Crippen molar-refractivity contribution in [2.75, 3.05) is 34.4 Å². The lowest BCUT2D eigenvalue weighted by Crippen LogP contribution is -2.30. The van der Waals surface area contributed by atoms with Gasteiger partial charge in [0, 0.05) is 19.2 Å². The Hall–Kier alpha value is -2.17. The minimum atomic E-state index is 0.00898. The molecule has 0 fully saturated rings. The maximum atomic E-state index is 12.2. The summed E-state index contributed by atoms with van der Waals surface area (Å²) in [5, 5.41) is 0. The van der Waals surface area contributed by atoms with E-state index in [1.165, 1.54) is 0 Å². The predicted octanol–water partition coefficient (Wildman–Crippen LogP) is 3.37. The van der Waals surface area contributed by atoms with E-state index in [0.29, 0.717) is 23.8 Å². The summed E-state index contributed by atoms with van der Waals surface area (Å²) in [7, 11) is 4.70. The lowest BCUT2D eigenvalue weighted by molar-refractivity contribution is -0.125. The van der Waals surface area contributed by atoms with Crippen LogP contribution in [0, 0.1) is 0 Å². The van der Waals surface area contributed by atoms with Crippen molar-refractivity contribution in [3.05, 3.63) is 23.8 Å². The first kappa shape index (κ1) is 18.9. The number of likely N-dealkylation sites (N-methyl/N-ethyl adjacent to an activating group) is 1. The third-order valence-electron chi connectivity index (χ3n) is 3.58. The van der Waals surface area contributed by atoms with Crippen LogP contribution in [0.2, 0.25) is 0 Å². The molecule has 0 unspecified atom stereocenters. The molecule has 1 aromatic rings. The summed E-state index contributed by atoms with van der Waals surface area (Å²) in [6, 6.07) is 3.63. The molecule has 23 heavy (non-hydrogen) atoms. The van der Waals surface area contributed by atoms with Crippen molar-refractivity contribution in [2.45, 2.75) is 26.7 Å². The summed E-state index contributed by atoms with van der Waals surface area (Å²) in [4.78, 5) is 14.1. The molecule has 0 spiro atoms. The fourth-order valence-corrected chi connectivity index (χ4v) is 2.24. The maximum Gasteiger partial charge on any atom is 0.246 e. The molecule has 128 valence electrons. The Morgan fingerprint density at radius 1 is 1.09 bits per heavy atom. The molecule has 5 heteroatoms. The van der Waals surface area contributed by atoms with E-state index >= 15 is 0 Å². The Labute approximate surface area is 138 Å². The van der Waals surface area contributed by atoms with Gasteiger partial charge in [0.15, 0.2) is 11.5 Å². The van der Waals surface area contributed by atoms with E-state index in [0.717, 1.165) is 24.9 Å². The molecule has 0 radical (unpaired) electrons. The molecule has 0 saturated heterocycles. The van der Waals surface area contributed by atoms with Crippen LogP contribution in [0.3, 0.4) is 0 Å². The van der Waals surface area contributed by atoms with Gasteiger partial charge in [-0.25, -0.2) is 0 Å². The van der Waals surface area contributed by atoms with Crippen molar-refractivity contribution in [3.63, 3.8) is 0 Å². The highest BCUT2D eigenvalue weighted by Crippen LogP contribution is 2.38. The normalized spacial score (nSPS) is 10.7. The molecule has 0 N–H and O–H groups in total. The molecule has 0 atom stereocenters. The van der Waals surface area contributed by atoms with Gasteiger partial charge >= 0.3 is 0 Å². The van der Waals surface area contributed by atoms with Crippen LogP contribution >= 0.6 is 0 Å². The second-order valence-corrected chi connectivity index (χ2v) is 5.06. The largest absolute Gasteiger partial charge is 0.493 e. The summed E-state index contributed by atoms with van der Waals surface area (Å²) in [6.45, 7) is 5.59. The minimum Gasteiger partial charge on any atom is -0.493 e. The van der Waals surface area contributed by atoms with Gasteiger partial charge in [-0.05, 0) is 37.1 Å². The van der Waals surface area contributed by atoms with Crippen LogP contribution in [0.5, 0.6) is 17.2 Å². The smallest absolute Gasteiger partial charge is 0.246 e. The quantitative estimate of drug-likeness (QED) is 0.654. The Balaban J connectivity index is 2.96. The van der Waals surface area contributed by atoms with Gasteiger partial charge in [0.1, 0.15) is 0 Å². The number of nitrogens with zero attached hydrogens (tertiary/aromatic N) is 1. The van der Waals surface area contributed by atoms with Crippen LogP contribution in [0.15, 0.2) is 18.2 Å². The molecule has 0 saturated carbocycles. The first-order valence-corrected chi connectivity index (χ1v) is 7.88. The van der Waals surface area contributed by atoms with Crippen LogP contribution in [0.4, 0.5) is 0 Å². The highest BCUT2D eigenvalue weighted by molar-refractivity contribution is 5.92. The zero-order valence-corrected chi connectivity index (χ0v) is 14.7. The second-order valence-electron chi connectivity index (χ2n) is 5.06. The molecule has 0 bridgehead atoms. The highest BCUT2D eigenvalue weighted by atomic mass is 16.5. The third kappa shape index (κ3) is 5.20. The van der Waals surface area contributed by atoms with Crippen molar-refractivity contribution in [3.8, 4) is 17.2 Å². The second kappa shape index (κ2) is 9.77. The first-order chi connectivity index (χ1) is 11.1. The average molecular weight is 321 g/mol. The number of amides is 1. The first-order valence-electron chi connectivity index (χ1n) is 7.88. The van der Waals surface area contributed by atoms with Gasteiger partial charge < -0.3 is 19.1 Å². The Bertz CT molecular complexity index is 515. The summed E-state index contributed by atoms with van der Waals surface area (Å²) in [5.74, 6) is 1.68. The summed E-state index contributed by atoms with van der Waals surface area (Å²) < 4.78 is 15.9. The third-order valence-corrected chi connectivity index (χ3v) is 3.58. The Morgan fingerprint density at radius 2 is 1.70 bits per heavy atom. The number of unbranched alkanes of at least 4 members (excludes halogenated alkanes) is 1. The van der Waals surface area contributed by atoms with Crippen molar-refractivity contribution >= 4 is 12.0 Å². The molecule has 5 nitrogen and oxygen atoms in total. The molecule has 0 aliphatic carbocycles. The number of carbonyl (C=O) groups excluding carboxylic acids is 1. The topological polar surface area (TPSA) is 48.0 Å². The van der Waals surface area contributed by atoms with Crippen molar-refractivity contribution < 1.29 is 19.0 Å². The van der Waals surface area contributed by atoms with Crippen molar-refractivity contribution in [2.24, 2.45) is 0 Å². The minimum absolute atomic E-state index is 0.00898. The van der Waals surface area contributed by atoms with Gasteiger partial charge in [-0.3, -0.25) is 4.79 Å². The molecule has 1 rings (SSSR count). The summed E-state index contributed by atoms with van der Waals surface area (Å²) in [6.07, 6.45) is 5.43. The van der Waals surface area contributed by atoms with E-state index in [1.54, 1.807) is 33.5 Å². The molecular weight excluding hydrogens is 294 g/mol. The van der Waals surface area contributed by atoms with Crippen LogP contribution in [-0.2, 0) is 4.79 Å². The average Bonchev–Trinajstić information content (AvgIpc) is 2.59. The van der Waals surface area contributed by atoms with Gasteiger partial charge in [0.05, 0.1) is 21.3 Å². The van der Waals surface area contributed by atoms with E-state index in [-0.39, 0.29) is 5.91 Å². The SMILES string of the molecule is CCCCN(CC)C(=O)C=Cc1cc(OC)c(OC)c(OC)c1. The van der Waals surface area contributed by atoms with Crippen molar-refractivity contribution in [1.82, 2.24) is 4.90 Å². The maximum absolute atomic E-state index is 12.2. The molecule has 0 heterocycles. The number of hydrogen-bond donors (Lipinski definition) is 0. The molecular formula is C18H27NO4. The highest BCUT2D eigenvalue weighted by Gasteiger charge is 2.13. The van der Waals surface area contributed by atoms with E-state index in [2.05, 4.69) is 6.92 Å². The van der Waals surface area contributed by atoms with Gasteiger partial charge in [0.25, 0.3) is 0 Å². The van der Waals surface area contributed by atoms with E-state index in [9.17, 15) is 4.79 Å². The monoisotopic (exact) mass is 321 g/mol. The fraction of sp³-hybridized carbons (Fsp3) is 0.500. The lowest BCUT2D eigenvalue weighted by atomic mass is 10.1. The van der Waals surface area contributed by atoms with E-state index in [1.807, 2.05) is 24.0 Å². The summed E-state index contributed by atoms with van der Waals surface area (Å²) >= 11 is 0. The molecule has 0 aliphatic rings. The van der Waals surface area contributed by atoms with Gasteiger partial charge in [0.2, 0.25) is 11.7 Å². The number of hydrogen-bond acceptors (Lipinski definition) is 4. The van der Waals surface area contributed by atoms with Gasteiger partial charge in [-0.15, -0.1) is 0 Å². The number of benzene rings is 1. The number of rotatable bonds is 9.